The number of anilines is 3. The number of likely N-dealkylation sites (N-methyl/N-ethyl adjacent to an activating group) is 2. The smallest absolute Gasteiger partial charge is 0.139 e. The topological polar surface area (TPSA) is 64.3 Å². The normalized spacial score (nSPS) is 11.9. The van der Waals surface area contributed by atoms with Crippen LogP contribution in [0.5, 0.6) is 0 Å². The number of H-pyrrole nitrogens is 1. The van der Waals surface area contributed by atoms with E-state index in [1.54, 1.807) is 25.6 Å². The second-order valence-electron chi connectivity index (χ2n) is 9.21. The first-order chi connectivity index (χ1) is 16.1. The largest absolute Gasteiger partial charge is 0.373 e. The monoisotopic (exact) mass is 479 g/mol. The third-order valence-electron chi connectivity index (χ3n) is 5.84. The Labute approximate surface area is 200 Å². The van der Waals surface area contributed by atoms with Gasteiger partial charge in [0.2, 0.25) is 0 Å². The Morgan fingerprint density at radius 1 is 0.971 bits per heavy atom. The summed E-state index contributed by atoms with van der Waals surface area (Å²) < 4.78 is 26.6. The van der Waals surface area contributed by atoms with Gasteiger partial charge in [-0.05, 0) is 75.5 Å². The first kappa shape index (κ1) is 24.0. The zero-order valence-electron chi connectivity index (χ0n) is 20.3. The summed E-state index contributed by atoms with van der Waals surface area (Å²) >= 11 is 0. The van der Waals surface area contributed by atoms with Crippen molar-refractivity contribution >= 4 is 40.5 Å². The summed E-state index contributed by atoms with van der Waals surface area (Å²) in [6, 6.07) is 16.7. The summed E-state index contributed by atoms with van der Waals surface area (Å²) in [4.78, 5) is 12.3. The van der Waals surface area contributed by atoms with Crippen LogP contribution in [0.25, 0.3) is 22.3 Å². The summed E-state index contributed by atoms with van der Waals surface area (Å²) in [5, 5.41) is 4.74. The van der Waals surface area contributed by atoms with Crippen molar-refractivity contribution in [3.05, 3.63) is 66.6 Å². The average Bonchev–Trinajstić information content (AvgIpc) is 3.23. The first-order valence-electron chi connectivity index (χ1n) is 11.2. The highest BCUT2D eigenvalue weighted by Crippen LogP contribution is 2.39. The quantitative estimate of drug-likeness (QED) is 0.333. The van der Waals surface area contributed by atoms with Crippen LogP contribution < -0.4 is 15.5 Å². The zero-order chi connectivity index (χ0) is 24.5. The number of nitrogens with zero attached hydrogens (tertiary/aromatic N) is 3. The van der Waals surface area contributed by atoms with E-state index in [-0.39, 0.29) is 0 Å². The van der Waals surface area contributed by atoms with Gasteiger partial charge in [-0.2, -0.15) is 0 Å². The van der Waals surface area contributed by atoms with Crippen molar-refractivity contribution in [2.45, 2.75) is 0 Å². The maximum absolute atomic E-state index is 13.8. The molecule has 0 aliphatic carbocycles. The standard InChI is InChI=1S/C26H31FN5OP/c1-31(2)14-15-32(3)20-9-6-18(7-10-20)24-17-21-22(12-13-28-26(21)30-24)29-23-11-8-19(27)16-25(23)34(4,5)33/h6-13,16-17H,14-15H2,1-5H3,(H2,28,29,30). The second kappa shape index (κ2) is 9.61. The van der Waals surface area contributed by atoms with Gasteiger partial charge in [-0.15, -0.1) is 0 Å². The molecule has 2 aromatic heterocycles. The molecule has 6 nitrogen and oxygen atoms in total. The summed E-state index contributed by atoms with van der Waals surface area (Å²) in [7, 11) is 3.56. The number of halogens is 1. The summed E-state index contributed by atoms with van der Waals surface area (Å²) in [6.45, 7) is 5.23. The number of rotatable bonds is 8. The molecule has 0 saturated heterocycles. The summed E-state index contributed by atoms with van der Waals surface area (Å²) in [5.74, 6) is -0.399. The number of fused-ring (bicyclic) bond motifs is 1. The molecule has 0 fully saturated rings. The minimum Gasteiger partial charge on any atom is -0.373 e. The van der Waals surface area contributed by atoms with Crippen molar-refractivity contribution in [3.63, 3.8) is 0 Å². The average molecular weight is 480 g/mol. The van der Waals surface area contributed by atoms with Gasteiger partial charge in [0, 0.05) is 54.1 Å². The summed E-state index contributed by atoms with van der Waals surface area (Å²) in [6.07, 6.45) is 1.72. The molecule has 2 heterocycles. The first-order valence-corrected chi connectivity index (χ1v) is 13.8. The van der Waals surface area contributed by atoms with Gasteiger partial charge in [-0.3, -0.25) is 0 Å². The number of pyridine rings is 1. The maximum atomic E-state index is 13.8. The molecule has 0 spiro atoms. The second-order valence-corrected chi connectivity index (χ2v) is 12.4. The van der Waals surface area contributed by atoms with Crippen molar-refractivity contribution in [2.24, 2.45) is 0 Å². The van der Waals surface area contributed by atoms with Crippen molar-refractivity contribution in [3.8, 4) is 11.3 Å². The van der Waals surface area contributed by atoms with Crippen LogP contribution in [0.15, 0.2) is 60.8 Å². The molecule has 0 atom stereocenters. The van der Waals surface area contributed by atoms with Crippen LogP contribution in [0.2, 0.25) is 0 Å². The van der Waals surface area contributed by atoms with Crippen molar-refractivity contribution in [2.75, 3.05) is 57.8 Å². The predicted molar refractivity (Wildman–Crippen MR) is 142 cm³/mol. The number of aromatic amines is 1. The molecule has 0 aliphatic rings. The van der Waals surface area contributed by atoms with E-state index in [0.29, 0.717) is 11.0 Å². The van der Waals surface area contributed by atoms with Crippen LogP contribution >= 0.6 is 7.14 Å². The van der Waals surface area contributed by atoms with Crippen LogP contribution in [-0.4, -0.2) is 62.4 Å². The number of nitrogens with one attached hydrogen (secondary N) is 2. The lowest BCUT2D eigenvalue weighted by atomic mass is 10.1. The van der Waals surface area contributed by atoms with Crippen LogP contribution in [0, 0.1) is 5.82 Å². The lowest BCUT2D eigenvalue weighted by molar-refractivity contribution is 0.416. The highest BCUT2D eigenvalue weighted by atomic mass is 31.2. The van der Waals surface area contributed by atoms with Gasteiger partial charge in [-0.1, -0.05) is 12.1 Å². The lowest BCUT2D eigenvalue weighted by Crippen LogP contribution is -2.28. The molecule has 8 heteroatoms. The van der Waals surface area contributed by atoms with Gasteiger partial charge in [0.25, 0.3) is 0 Å². The maximum Gasteiger partial charge on any atom is 0.139 e. The van der Waals surface area contributed by atoms with Crippen molar-refractivity contribution in [1.82, 2.24) is 14.9 Å². The molecule has 0 unspecified atom stereocenters. The molecule has 4 rings (SSSR count). The van der Waals surface area contributed by atoms with Gasteiger partial charge in [0.05, 0.1) is 5.69 Å². The van der Waals surface area contributed by atoms with Gasteiger partial charge in [-0.25, -0.2) is 9.37 Å². The fourth-order valence-electron chi connectivity index (χ4n) is 3.87. The van der Waals surface area contributed by atoms with Gasteiger partial charge < -0.3 is 24.7 Å². The molecule has 0 bridgehead atoms. The number of hydrogen-bond acceptors (Lipinski definition) is 5. The third-order valence-corrected chi connectivity index (χ3v) is 7.37. The molecule has 0 radical (unpaired) electrons. The molecule has 2 aromatic carbocycles. The van der Waals surface area contributed by atoms with E-state index < -0.39 is 13.0 Å². The Hall–Kier alpha value is -3.15. The third kappa shape index (κ3) is 5.32. The molecule has 0 aliphatic heterocycles. The minimum atomic E-state index is -2.68. The van der Waals surface area contributed by atoms with Crippen LogP contribution in [0.4, 0.5) is 21.5 Å². The van der Waals surface area contributed by atoms with E-state index >= 15 is 0 Å². The van der Waals surface area contributed by atoms with E-state index in [4.69, 9.17) is 0 Å². The fraction of sp³-hybridized carbons (Fsp3) is 0.269. The molecule has 0 saturated carbocycles. The van der Waals surface area contributed by atoms with Gasteiger partial charge in [0.1, 0.15) is 18.6 Å². The molecular weight excluding hydrogens is 448 g/mol. The van der Waals surface area contributed by atoms with Crippen LogP contribution in [-0.2, 0) is 4.57 Å². The Balaban J connectivity index is 1.63. The minimum absolute atomic E-state index is 0.399. The van der Waals surface area contributed by atoms with Gasteiger partial charge >= 0.3 is 0 Å². The molecule has 34 heavy (non-hydrogen) atoms. The molecule has 0 amide bonds. The molecule has 178 valence electrons. The van der Waals surface area contributed by atoms with E-state index in [2.05, 4.69) is 76.6 Å². The number of benzene rings is 2. The highest BCUT2D eigenvalue weighted by Gasteiger charge is 2.18. The summed E-state index contributed by atoms with van der Waals surface area (Å²) in [5.41, 5.74) is 5.36. The van der Waals surface area contributed by atoms with E-state index in [0.717, 1.165) is 46.8 Å². The van der Waals surface area contributed by atoms with Crippen molar-refractivity contribution < 1.29 is 8.96 Å². The van der Waals surface area contributed by atoms with Crippen LogP contribution in [0.3, 0.4) is 0 Å². The fourth-order valence-corrected chi connectivity index (χ4v) is 5.01. The van der Waals surface area contributed by atoms with E-state index in [1.807, 2.05) is 6.07 Å². The Morgan fingerprint density at radius 3 is 2.38 bits per heavy atom. The molecule has 2 N–H and O–H groups in total. The lowest BCUT2D eigenvalue weighted by Gasteiger charge is -2.21. The molecular formula is C26H31FN5OP. The zero-order valence-corrected chi connectivity index (χ0v) is 21.2. The highest BCUT2D eigenvalue weighted by molar-refractivity contribution is 7.70. The van der Waals surface area contributed by atoms with Crippen molar-refractivity contribution in [1.29, 1.82) is 0 Å². The SMILES string of the molecule is CN(C)CCN(C)c1ccc(-c2cc3c(Nc4ccc(F)cc4P(C)(C)=O)ccnc3[nH]2)cc1. The Kier molecular flexibility index (Phi) is 6.78. The van der Waals surface area contributed by atoms with Crippen LogP contribution in [0.1, 0.15) is 0 Å². The molecule has 4 aromatic rings. The Morgan fingerprint density at radius 2 is 1.71 bits per heavy atom. The predicted octanol–water partition coefficient (Wildman–Crippen LogP) is 5.36. The number of hydrogen-bond donors (Lipinski definition) is 2. The van der Waals surface area contributed by atoms with E-state index in [1.165, 1.54) is 12.1 Å². The number of aromatic nitrogens is 2. The van der Waals surface area contributed by atoms with Gasteiger partial charge in [0.15, 0.2) is 0 Å². The Bertz CT molecular complexity index is 1340. The van der Waals surface area contributed by atoms with E-state index in [9.17, 15) is 8.96 Å².